The molecule has 0 saturated heterocycles. The van der Waals surface area contributed by atoms with Crippen LogP contribution in [0.5, 0.6) is 0 Å². The van der Waals surface area contributed by atoms with Gasteiger partial charge in [0.05, 0.1) is 51.8 Å². The van der Waals surface area contributed by atoms with Crippen LogP contribution in [0, 0.1) is 0 Å². The van der Waals surface area contributed by atoms with E-state index in [4.69, 9.17) is 34.5 Å². The first-order valence-electron chi connectivity index (χ1n) is 15.5. The summed E-state index contributed by atoms with van der Waals surface area (Å²) >= 11 is 0. The highest BCUT2D eigenvalue weighted by Crippen LogP contribution is 2.23. The Balaban J connectivity index is 3.93. The molecule has 0 bridgehead atoms. The standard InChI is InChI=1S/C28H66N4O7Si2/c1-23(29)17-37-19-25(3)31-15-27(33)21-35-11-9-13-40(5,6)39-41(7,8)14-10-12-36-22-28(34)16-32-26(4)20-38-18-24(2)30/h23-28,31-34H,9-22,29-30H2,1-8H3. The lowest BCUT2D eigenvalue weighted by atomic mass is 10.3. The van der Waals surface area contributed by atoms with E-state index in [1.165, 1.54) is 0 Å². The van der Waals surface area contributed by atoms with Crippen molar-refractivity contribution in [2.75, 3.05) is 65.9 Å². The summed E-state index contributed by atoms with van der Waals surface area (Å²) in [4.78, 5) is 0. The van der Waals surface area contributed by atoms with Gasteiger partial charge in [-0.2, -0.15) is 0 Å². The maximum absolute atomic E-state index is 10.2. The number of nitrogens with one attached hydrogen (secondary N) is 2. The number of hydrogen-bond acceptors (Lipinski definition) is 11. The van der Waals surface area contributed by atoms with E-state index < -0.39 is 28.8 Å². The quantitative estimate of drug-likeness (QED) is 0.0553. The number of hydrogen-bond donors (Lipinski definition) is 6. The third-order valence-electron chi connectivity index (χ3n) is 6.21. The van der Waals surface area contributed by atoms with Crippen molar-refractivity contribution in [3.8, 4) is 0 Å². The van der Waals surface area contributed by atoms with Crippen molar-refractivity contribution < 1.29 is 33.3 Å². The van der Waals surface area contributed by atoms with Crippen molar-refractivity contribution in [2.45, 2.75) is 115 Å². The molecule has 0 radical (unpaired) electrons. The monoisotopic (exact) mass is 626 g/mol. The molecule has 11 nitrogen and oxygen atoms in total. The fraction of sp³-hybridized carbons (Fsp3) is 1.00. The van der Waals surface area contributed by atoms with Gasteiger partial charge in [0, 0.05) is 50.5 Å². The summed E-state index contributed by atoms with van der Waals surface area (Å²) in [5.41, 5.74) is 11.4. The van der Waals surface area contributed by atoms with Gasteiger partial charge in [-0.3, -0.25) is 0 Å². The Morgan fingerprint density at radius 1 is 0.585 bits per heavy atom. The van der Waals surface area contributed by atoms with E-state index in [0.29, 0.717) is 65.9 Å². The highest BCUT2D eigenvalue weighted by Gasteiger charge is 2.32. The first-order valence-corrected chi connectivity index (χ1v) is 21.7. The molecule has 0 aromatic rings. The highest BCUT2D eigenvalue weighted by atomic mass is 28.4. The van der Waals surface area contributed by atoms with E-state index in [-0.39, 0.29) is 24.2 Å². The van der Waals surface area contributed by atoms with Crippen LogP contribution in [0.3, 0.4) is 0 Å². The predicted octanol–water partition coefficient (Wildman–Crippen LogP) is 1.63. The Kier molecular flexibility index (Phi) is 23.4. The van der Waals surface area contributed by atoms with Crippen molar-refractivity contribution in [2.24, 2.45) is 11.5 Å². The van der Waals surface area contributed by atoms with Gasteiger partial charge in [-0.05, 0) is 78.8 Å². The van der Waals surface area contributed by atoms with Crippen LogP contribution in [0.2, 0.25) is 38.3 Å². The smallest absolute Gasteiger partial charge is 0.173 e. The molecule has 6 atom stereocenters. The van der Waals surface area contributed by atoms with Gasteiger partial charge in [0.25, 0.3) is 0 Å². The second-order valence-electron chi connectivity index (χ2n) is 12.9. The number of aliphatic hydroxyl groups excluding tert-OH is 2. The second-order valence-corrected chi connectivity index (χ2v) is 21.8. The van der Waals surface area contributed by atoms with Gasteiger partial charge in [-0.25, -0.2) is 0 Å². The number of ether oxygens (including phenoxy) is 4. The van der Waals surface area contributed by atoms with E-state index in [9.17, 15) is 10.2 Å². The van der Waals surface area contributed by atoms with Gasteiger partial charge >= 0.3 is 0 Å². The molecule has 0 aromatic heterocycles. The Hall–Kier alpha value is -0.00623. The minimum atomic E-state index is -1.81. The number of nitrogens with two attached hydrogens (primary N) is 2. The van der Waals surface area contributed by atoms with E-state index in [1.54, 1.807) is 0 Å². The molecule has 0 amide bonds. The van der Waals surface area contributed by atoms with Crippen LogP contribution in [-0.4, -0.2) is 129 Å². The van der Waals surface area contributed by atoms with Crippen molar-refractivity contribution in [1.82, 2.24) is 10.6 Å². The molecule has 0 heterocycles. The van der Waals surface area contributed by atoms with Gasteiger partial charge < -0.3 is 55.4 Å². The molecule has 6 unspecified atom stereocenters. The molecule has 0 aromatic carbocycles. The van der Waals surface area contributed by atoms with Crippen LogP contribution in [0.4, 0.5) is 0 Å². The molecule has 0 aliphatic rings. The molecular formula is C28H66N4O7Si2. The molecule has 8 N–H and O–H groups in total. The maximum atomic E-state index is 10.2. The first kappa shape index (κ1) is 41.0. The molecule has 0 rings (SSSR count). The molecule has 0 aliphatic heterocycles. The van der Waals surface area contributed by atoms with E-state index in [2.05, 4.69) is 36.8 Å². The highest BCUT2D eigenvalue weighted by molar-refractivity contribution is 6.84. The fourth-order valence-corrected chi connectivity index (χ4v) is 13.1. The Morgan fingerprint density at radius 3 is 1.29 bits per heavy atom. The van der Waals surface area contributed by atoms with Crippen LogP contribution in [0.15, 0.2) is 0 Å². The second kappa shape index (κ2) is 23.4. The molecule has 0 saturated carbocycles. The summed E-state index contributed by atoms with van der Waals surface area (Å²) in [6.45, 7) is 22.0. The lowest BCUT2D eigenvalue weighted by Crippen LogP contribution is -2.44. The first-order chi connectivity index (χ1) is 19.1. The van der Waals surface area contributed by atoms with Gasteiger partial charge in [-0.15, -0.1) is 0 Å². The summed E-state index contributed by atoms with van der Waals surface area (Å²) in [6, 6.07) is 2.39. The average molecular weight is 627 g/mol. The molecule has 0 spiro atoms. The topological polar surface area (TPSA) is 163 Å². The summed E-state index contributed by atoms with van der Waals surface area (Å²) in [7, 11) is -3.63. The van der Waals surface area contributed by atoms with Gasteiger partial charge in [-0.1, -0.05) is 0 Å². The molecule has 0 fully saturated rings. The van der Waals surface area contributed by atoms with E-state index in [1.807, 2.05) is 27.7 Å². The molecule has 0 aliphatic carbocycles. The Morgan fingerprint density at radius 2 is 0.951 bits per heavy atom. The van der Waals surface area contributed by atoms with Crippen molar-refractivity contribution in [1.29, 1.82) is 0 Å². The number of aliphatic hydroxyl groups is 2. The molecule has 13 heteroatoms. The normalized spacial score (nSPS) is 17.3. The minimum Gasteiger partial charge on any atom is -0.455 e. The van der Waals surface area contributed by atoms with Crippen molar-refractivity contribution in [3.63, 3.8) is 0 Å². The predicted molar refractivity (Wildman–Crippen MR) is 172 cm³/mol. The average Bonchev–Trinajstić information content (AvgIpc) is 2.84. The molecule has 41 heavy (non-hydrogen) atoms. The maximum Gasteiger partial charge on any atom is 0.173 e. The van der Waals surface area contributed by atoms with Crippen LogP contribution in [0.25, 0.3) is 0 Å². The largest absolute Gasteiger partial charge is 0.455 e. The zero-order chi connectivity index (χ0) is 31.3. The third-order valence-corrected chi connectivity index (χ3v) is 13.7. The van der Waals surface area contributed by atoms with Crippen LogP contribution in [-0.2, 0) is 23.1 Å². The molecule has 248 valence electrons. The fourth-order valence-electron chi connectivity index (χ4n) is 4.26. The Bertz CT molecular complexity index is 572. The van der Waals surface area contributed by atoms with Gasteiger partial charge in [0.1, 0.15) is 0 Å². The van der Waals surface area contributed by atoms with Crippen LogP contribution < -0.4 is 22.1 Å². The van der Waals surface area contributed by atoms with E-state index in [0.717, 1.165) is 24.9 Å². The molecular weight excluding hydrogens is 561 g/mol. The summed E-state index contributed by atoms with van der Waals surface area (Å²) in [6.07, 6.45) is 0.758. The SMILES string of the molecule is CC(N)COCC(C)NCC(O)COCCC[Si](C)(C)O[Si](C)(C)CCCOCC(O)CNC(C)COCC(C)N. The van der Waals surface area contributed by atoms with Crippen LogP contribution in [0.1, 0.15) is 40.5 Å². The summed E-state index contributed by atoms with van der Waals surface area (Å²) < 4.78 is 29.2. The minimum absolute atomic E-state index is 0.0269. The lowest BCUT2D eigenvalue weighted by Gasteiger charge is -2.34. The zero-order valence-corrected chi connectivity index (χ0v) is 29.5. The van der Waals surface area contributed by atoms with Crippen molar-refractivity contribution >= 4 is 16.6 Å². The van der Waals surface area contributed by atoms with Gasteiger partial charge in [0.2, 0.25) is 0 Å². The Labute approximate surface area is 253 Å². The summed E-state index contributed by atoms with van der Waals surface area (Å²) in [5, 5.41) is 26.9. The lowest BCUT2D eigenvalue weighted by molar-refractivity contribution is 0.0327. The van der Waals surface area contributed by atoms with Crippen molar-refractivity contribution in [3.05, 3.63) is 0 Å². The summed E-state index contributed by atoms with van der Waals surface area (Å²) in [5.74, 6) is 0. The zero-order valence-electron chi connectivity index (χ0n) is 27.5. The van der Waals surface area contributed by atoms with Crippen LogP contribution >= 0.6 is 0 Å². The van der Waals surface area contributed by atoms with E-state index >= 15 is 0 Å². The van der Waals surface area contributed by atoms with Gasteiger partial charge in [0.15, 0.2) is 16.6 Å². The third kappa shape index (κ3) is 27.3. The number of rotatable bonds is 28.